The third kappa shape index (κ3) is 3.92. The van der Waals surface area contributed by atoms with Crippen molar-refractivity contribution >= 4 is 17.5 Å². The van der Waals surface area contributed by atoms with Gasteiger partial charge in [-0.3, -0.25) is 9.59 Å². The molecule has 3 rings (SSSR count). The van der Waals surface area contributed by atoms with E-state index in [1.165, 1.54) is 0 Å². The lowest BCUT2D eigenvalue weighted by molar-refractivity contribution is -0.130. The summed E-state index contributed by atoms with van der Waals surface area (Å²) in [7, 11) is 3.88. The molecule has 1 aromatic rings. The Labute approximate surface area is 148 Å². The highest BCUT2D eigenvalue weighted by Gasteiger charge is 2.36. The Hall–Kier alpha value is -2.15. The van der Waals surface area contributed by atoms with Crippen molar-refractivity contribution in [2.75, 3.05) is 32.1 Å². The highest BCUT2D eigenvalue weighted by Crippen LogP contribution is 2.32. The second kappa shape index (κ2) is 7.39. The van der Waals surface area contributed by atoms with Crippen LogP contribution in [0.25, 0.3) is 0 Å². The minimum absolute atomic E-state index is 0.0221. The van der Waals surface area contributed by atoms with Crippen molar-refractivity contribution in [3.8, 4) is 0 Å². The van der Waals surface area contributed by atoms with Crippen LogP contribution >= 0.6 is 0 Å². The van der Waals surface area contributed by atoms with E-state index < -0.39 is 6.10 Å². The zero-order valence-electron chi connectivity index (χ0n) is 14.9. The molecule has 136 valence electrons. The highest BCUT2D eigenvalue weighted by atomic mass is 16.5. The molecule has 2 aliphatic heterocycles. The fraction of sp³-hybridized carbons (Fsp3) is 0.611. The van der Waals surface area contributed by atoms with Gasteiger partial charge >= 0.3 is 0 Å². The van der Waals surface area contributed by atoms with Crippen LogP contribution in [0.2, 0.25) is 0 Å². The van der Waals surface area contributed by atoms with Crippen LogP contribution in [0.1, 0.15) is 36.2 Å². The van der Waals surface area contributed by atoms with Gasteiger partial charge in [-0.15, -0.1) is 0 Å². The van der Waals surface area contributed by atoms with Gasteiger partial charge in [0.25, 0.3) is 5.91 Å². The molecule has 7 heteroatoms. The maximum atomic E-state index is 12.6. The van der Waals surface area contributed by atoms with Crippen molar-refractivity contribution in [2.24, 2.45) is 11.7 Å². The number of anilines is 1. The average Bonchev–Trinajstić information content (AvgIpc) is 3.12. The molecular formula is C18H26N4O3. The second-order valence-electron chi connectivity index (χ2n) is 7.07. The number of nitrogens with two attached hydrogens (primary N) is 1. The molecule has 1 aromatic heterocycles. The maximum Gasteiger partial charge on any atom is 0.272 e. The summed E-state index contributed by atoms with van der Waals surface area (Å²) in [6.07, 6.45) is 4.73. The lowest BCUT2D eigenvalue weighted by Crippen LogP contribution is -2.42. The Bertz CT molecular complexity index is 624. The lowest BCUT2D eigenvalue weighted by atomic mass is 9.89. The van der Waals surface area contributed by atoms with Gasteiger partial charge in [-0.05, 0) is 43.7 Å². The van der Waals surface area contributed by atoms with Crippen LogP contribution in [0.15, 0.2) is 18.3 Å². The van der Waals surface area contributed by atoms with E-state index in [2.05, 4.69) is 4.98 Å². The Kier molecular flexibility index (Phi) is 5.22. The molecule has 2 aliphatic rings. The number of rotatable bonds is 4. The van der Waals surface area contributed by atoms with E-state index in [9.17, 15) is 9.59 Å². The Balaban J connectivity index is 1.53. The van der Waals surface area contributed by atoms with E-state index in [4.69, 9.17) is 10.5 Å². The molecule has 2 saturated heterocycles. The van der Waals surface area contributed by atoms with Crippen molar-refractivity contribution < 1.29 is 14.3 Å². The summed E-state index contributed by atoms with van der Waals surface area (Å²) < 4.78 is 5.78. The molecule has 0 unspecified atom stereocenters. The number of carbonyl (C=O) groups is 2. The van der Waals surface area contributed by atoms with Gasteiger partial charge in [0.1, 0.15) is 11.8 Å². The molecule has 2 N–H and O–H groups in total. The normalized spacial score (nSPS) is 24.3. The number of hydrogen-bond acceptors (Lipinski definition) is 5. The van der Waals surface area contributed by atoms with Gasteiger partial charge in [-0.1, -0.05) is 0 Å². The van der Waals surface area contributed by atoms with Crippen LogP contribution in [0.5, 0.6) is 0 Å². The number of pyridine rings is 1. The lowest BCUT2D eigenvalue weighted by Gasteiger charge is -2.34. The summed E-state index contributed by atoms with van der Waals surface area (Å²) in [5.41, 5.74) is 6.77. The van der Waals surface area contributed by atoms with Crippen molar-refractivity contribution in [1.82, 2.24) is 9.88 Å². The molecule has 3 heterocycles. The van der Waals surface area contributed by atoms with Crippen molar-refractivity contribution in [3.05, 3.63) is 24.0 Å². The summed E-state index contributed by atoms with van der Waals surface area (Å²) in [6, 6.07) is 3.69. The number of amides is 2. The number of aromatic nitrogens is 1. The first-order valence-corrected chi connectivity index (χ1v) is 8.83. The standard InChI is InChI=1S/C18H26N4O3/c1-21(2)13-3-4-14(20-11-13)18(24)22-9-7-12(8-10-22)15-5-6-16(25-15)17(19)23/h3-4,11-12,15-16H,5-10H2,1-2H3,(H2,19,23)/t15-,16+/m0/s1. The van der Waals surface area contributed by atoms with Gasteiger partial charge in [-0.2, -0.15) is 0 Å². The van der Waals surface area contributed by atoms with Crippen molar-refractivity contribution in [3.63, 3.8) is 0 Å². The van der Waals surface area contributed by atoms with Crippen molar-refractivity contribution in [1.29, 1.82) is 0 Å². The number of ether oxygens (including phenoxy) is 1. The number of hydrogen-bond donors (Lipinski definition) is 1. The van der Waals surface area contributed by atoms with E-state index in [0.717, 1.165) is 24.9 Å². The number of carbonyl (C=O) groups excluding carboxylic acids is 2. The fourth-order valence-electron chi connectivity index (χ4n) is 3.63. The summed E-state index contributed by atoms with van der Waals surface area (Å²) >= 11 is 0. The highest BCUT2D eigenvalue weighted by molar-refractivity contribution is 5.92. The van der Waals surface area contributed by atoms with Gasteiger partial charge < -0.3 is 20.3 Å². The molecule has 2 atom stereocenters. The zero-order chi connectivity index (χ0) is 18.0. The molecule has 0 bridgehead atoms. The largest absolute Gasteiger partial charge is 0.376 e. The van der Waals surface area contributed by atoms with Crippen LogP contribution in [-0.2, 0) is 9.53 Å². The Morgan fingerprint density at radius 3 is 2.44 bits per heavy atom. The van der Waals surface area contributed by atoms with Gasteiger partial charge in [0.15, 0.2) is 0 Å². The molecule has 7 nitrogen and oxygen atoms in total. The summed E-state index contributed by atoms with van der Waals surface area (Å²) in [5, 5.41) is 0. The maximum absolute atomic E-state index is 12.6. The van der Waals surface area contributed by atoms with Crippen LogP contribution in [0.3, 0.4) is 0 Å². The van der Waals surface area contributed by atoms with E-state index >= 15 is 0 Å². The molecule has 2 amide bonds. The van der Waals surface area contributed by atoms with E-state index in [0.29, 0.717) is 31.1 Å². The quantitative estimate of drug-likeness (QED) is 0.880. The molecule has 0 spiro atoms. The van der Waals surface area contributed by atoms with Crippen molar-refractivity contribution in [2.45, 2.75) is 37.9 Å². The average molecular weight is 346 g/mol. The monoisotopic (exact) mass is 346 g/mol. The predicted octanol–water partition coefficient (Wildman–Crippen LogP) is 1.03. The summed E-state index contributed by atoms with van der Waals surface area (Å²) in [6.45, 7) is 1.39. The second-order valence-corrected chi connectivity index (χ2v) is 7.07. The van der Waals surface area contributed by atoms with Gasteiger partial charge in [-0.25, -0.2) is 4.98 Å². The van der Waals surface area contributed by atoms with E-state index in [1.807, 2.05) is 30.0 Å². The Morgan fingerprint density at radius 2 is 1.92 bits per heavy atom. The molecule has 0 aromatic carbocycles. The SMILES string of the molecule is CN(C)c1ccc(C(=O)N2CCC([C@@H]3CC[C@H](C(N)=O)O3)CC2)nc1. The van der Waals surface area contributed by atoms with Crippen LogP contribution in [0.4, 0.5) is 5.69 Å². The number of piperidine rings is 1. The minimum Gasteiger partial charge on any atom is -0.376 e. The molecule has 2 fully saturated rings. The summed E-state index contributed by atoms with van der Waals surface area (Å²) in [4.78, 5) is 31.9. The van der Waals surface area contributed by atoms with Crippen LogP contribution in [0, 0.1) is 5.92 Å². The first kappa shape index (κ1) is 17.7. The predicted molar refractivity (Wildman–Crippen MR) is 94.3 cm³/mol. The molecular weight excluding hydrogens is 320 g/mol. The number of primary amides is 1. The molecule has 25 heavy (non-hydrogen) atoms. The Morgan fingerprint density at radius 1 is 1.20 bits per heavy atom. The van der Waals surface area contributed by atoms with Crippen LogP contribution in [-0.4, -0.2) is 61.1 Å². The fourth-order valence-corrected chi connectivity index (χ4v) is 3.63. The topological polar surface area (TPSA) is 88.8 Å². The minimum atomic E-state index is -0.441. The third-order valence-electron chi connectivity index (χ3n) is 5.21. The van der Waals surface area contributed by atoms with Crippen LogP contribution < -0.4 is 10.6 Å². The zero-order valence-corrected chi connectivity index (χ0v) is 14.9. The van der Waals surface area contributed by atoms with Gasteiger partial charge in [0.2, 0.25) is 5.91 Å². The molecule has 0 saturated carbocycles. The van der Waals surface area contributed by atoms with E-state index in [1.54, 1.807) is 12.3 Å². The molecule has 0 aliphatic carbocycles. The number of nitrogens with zero attached hydrogens (tertiary/aromatic N) is 3. The summed E-state index contributed by atoms with van der Waals surface area (Å²) in [5.74, 6) is -0.00838. The van der Waals surface area contributed by atoms with E-state index in [-0.39, 0.29) is 17.9 Å². The molecule has 0 radical (unpaired) electrons. The smallest absolute Gasteiger partial charge is 0.272 e. The van der Waals surface area contributed by atoms with Gasteiger partial charge in [0, 0.05) is 27.2 Å². The first-order valence-electron chi connectivity index (χ1n) is 8.83. The van der Waals surface area contributed by atoms with Gasteiger partial charge in [0.05, 0.1) is 18.0 Å². The first-order chi connectivity index (χ1) is 12.0. The third-order valence-corrected chi connectivity index (χ3v) is 5.21. The number of likely N-dealkylation sites (tertiary alicyclic amines) is 1.